The van der Waals surface area contributed by atoms with Crippen molar-refractivity contribution in [3.8, 4) is 0 Å². The van der Waals surface area contributed by atoms with E-state index in [4.69, 9.17) is 0 Å². The zero-order chi connectivity index (χ0) is 8.48. The molecule has 64 valence electrons. The van der Waals surface area contributed by atoms with Crippen molar-refractivity contribution in [2.24, 2.45) is 5.92 Å². The number of nitrogens with zero attached hydrogens (tertiary/aromatic N) is 1. The molecule has 1 aliphatic heterocycles. The van der Waals surface area contributed by atoms with E-state index in [2.05, 4.69) is 0 Å². The lowest BCUT2D eigenvalue weighted by Crippen LogP contribution is -2.46. The summed E-state index contributed by atoms with van der Waals surface area (Å²) in [6.07, 6.45) is 0.880. The molecule has 11 heavy (non-hydrogen) atoms. The van der Waals surface area contributed by atoms with Crippen molar-refractivity contribution in [1.82, 2.24) is 4.90 Å². The highest BCUT2D eigenvalue weighted by molar-refractivity contribution is 5.47. The van der Waals surface area contributed by atoms with E-state index in [0.717, 1.165) is 4.90 Å². The van der Waals surface area contributed by atoms with Gasteiger partial charge in [-0.15, -0.1) is 0 Å². The Kier molecular flexibility index (Phi) is 2.11. The van der Waals surface area contributed by atoms with Crippen molar-refractivity contribution in [2.75, 3.05) is 13.1 Å². The van der Waals surface area contributed by atoms with Gasteiger partial charge in [0.1, 0.15) is 0 Å². The number of amides is 1. The van der Waals surface area contributed by atoms with Gasteiger partial charge < -0.3 is 4.90 Å². The number of hydrogen-bond donors (Lipinski definition) is 0. The lowest BCUT2D eigenvalue weighted by Gasteiger charge is -2.34. The summed E-state index contributed by atoms with van der Waals surface area (Å²) >= 11 is 0. The Hall–Kier alpha value is -0.670. The normalized spacial score (nSPS) is 30.1. The molecule has 0 radical (unpaired) electrons. The van der Waals surface area contributed by atoms with Gasteiger partial charge in [-0.25, -0.2) is 8.78 Å². The van der Waals surface area contributed by atoms with Gasteiger partial charge in [0.2, 0.25) is 6.41 Å². The minimum absolute atomic E-state index is 0.395. The van der Waals surface area contributed by atoms with Crippen LogP contribution < -0.4 is 0 Å². The van der Waals surface area contributed by atoms with Crippen LogP contribution >= 0.6 is 0 Å². The molecule has 0 aliphatic carbocycles. The molecule has 1 atom stereocenters. The van der Waals surface area contributed by atoms with E-state index in [0.29, 0.717) is 19.4 Å². The van der Waals surface area contributed by atoms with Crippen molar-refractivity contribution in [3.63, 3.8) is 0 Å². The molecular formula is C7H11F2NO. The molecule has 1 heterocycles. The lowest BCUT2D eigenvalue weighted by atomic mass is 9.95. The Morgan fingerprint density at radius 2 is 2.27 bits per heavy atom. The smallest absolute Gasteiger partial charge is 0.267 e. The van der Waals surface area contributed by atoms with Gasteiger partial charge in [-0.1, -0.05) is 6.92 Å². The summed E-state index contributed by atoms with van der Waals surface area (Å²) in [5.41, 5.74) is 0. The molecule has 1 unspecified atom stereocenters. The molecule has 0 saturated carbocycles. The summed E-state index contributed by atoms with van der Waals surface area (Å²) in [6, 6.07) is 0. The molecule has 0 aromatic rings. The number of rotatable bonds is 1. The largest absolute Gasteiger partial charge is 0.339 e. The fourth-order valence-electron chi connectivity index (χ4n) is 1.17. The van der Waals surface area contributed by atoms with E-state index in [-0.39, 0.29) is 0 Å². The fraction of sp³-hybridized carbons (Fsp3) is 0.857. The highest BCUT2D eigenvalue weighted by atomic mass is 19.3. The zero-order valence-electron chi connectivity index (χ0n) is 6.39. The first kappa shape index (κ1) is 8.43. The Bertz CT molecular complexity index is 161. The Morgan fingerprint density at radius 3 is 2.73 bits per heavy atom. The first-order valence-electron chi connectivity index (χ1n) is 3.63. The maximum Gasteiger partial charge on any atom is 0.267 e. The maximum absolute atomic E-state index is 12.8. The second kappa shape index (κ2) is 2.75. The van der Waals surface area contributed by atoms with E-state index < -0.39 is 18.4 Å². The highest BCUT2D eigenvalue weighted by Crippen LogP contribution is 2.31. The molecule has 0 N–H and O–H groups in total. The zero-order valence-corrected chi connectivity index (χ0v) is 6.39. The average Bonchev–Trinajstić information content (AvgIpc) is 1.95. The topological polar surface area (TPSA) is 20.3 Å². The molecule has 0 aromatic heterocycles. The Morgan fingerprint density at radius 1 is 1.64 bits per heavy atom. The van der Waals surface area contributed by atoms with Crippen molar-refractivity contribution >= 4 is 6.41 Å². The third-order valence-corrected chi connectivity index (χ3v) is 2.13. The van der Waals surface area contributed by atoms with Crippen LogP contribution in [0.1, 0.15) is 13.3 Å². The van der Waals surface area contributed by atoms with Gasteiger partial charge in [0.25, 0.3) is 5.92 Å². The standard InChI is InChI=1S/C7H11F2NO/c1-6-2-3-10(5-11)4-7(6,8)9/h5-6H,2-4H2,1H3. The van der Waals surface area contributed by atoms with Crippen molar-refractivity contribution in [2.45, 2.75) is 19.3 Å². The number of carbonyl (C=O) groups excluding carboxylic acids is 1. The summed E-state index contributed by atoms with van der Waals surface area (Å²) in [5, 5.41) is 0. The van der Waals surface area contributed by atoms with Crippen LogP contribution in [0.15, 0.2) is 0 Å². The Labute approximate surface area is 64.2 Å². The molecule has 1 fully saturated rings. The highest BCUT2D eigenvalue weighted by Gasteiger charge is 2.41. The Balaban J connectivity index is 2.58. The number of piperidine rings is 1. The monoisotopic (exact) mass is 163 g/mol. The van der Waals surface area contributed by atoms with E-state index >= 15 is 0 Å². The van der Waals surface area contributed by atoms with Gasteiger partial charge in [0.15, 0.2) is 0 Å². The number of alkyl halides is 2. The number of carbonyl (C=O) groups is 1. The number of likely N-dealkylation sites (tertiary alicyclic amines) is 1. The van der Waals surface area contributed by atoms with Crippen molar-refractivity contribution in [1.29, 1.82) is 0 Å². The van der Waals surface area contributed by atoms with Crippen LogP contribution in [-0.2, 0) is 4.79 Å². The van der Waals surface area contributed by atoms with Crippen LogP contribution in [-0.4, -0.2) is 30.3 Å². The van der Waals surface area contributed by atoms with E-state index in [9.17, 15) is 13.6 Å². The summed E-state index contributed by atoms with van der Waals surface area (Å²) in [5.74, 6) is -3.29. The molecule has 1 amide bonds. The predicted molar refractivity (Wildman–Crippen MR) is 36.4 cm³/mol. The van der Waals surface area contributed by atoms with Crippen LogP contribution in [0.25, 0.3) is 0 Å². The van der Waals surface area contributed by atoms with E-state index in [1.807, 2.05) is 0 Å². The van der Waals surface area contributed by atoms with Gasteiger partial charge >= 0.3 is 0 Å². The fourth-order valence-corrected chi connectivity index (χ4v) is 1.17. The molecule has 1 saturated heterocycles. The molecule has 4 heteroatoms. The molecular weight excluding hydrogens is 152 g/mol. The summed E-state index contributed by atoms with van der Waals surface area (Å²) in [4.78, 5) is 11.3. The van der Waals surface area contributed by atoms with Gasteiger partial charge in [-0.2, -0.15) is 0 Å². The molecule has 0 aromatic carbocycles. The quantitative estimate of drug-likeness (QED) is 0.530. The number of hydrogen-bond acceptors (Lipinski definition) is 1. The molecule has 0 spiro atoms. The second-order valence-corrected chi connectivity index (χ2v) is 3.03. The van der Waals surface area contributed by atoms with Crippen LogP contribution in [0, 0.1) is 5.92 Å². The van der Waals surface area contributed by atoms with E-state index in [1.54, 1.807) is 0 Å². The van der Waals surface area contributed by atoms with Crippen LogP contribution in [0.5, 0.6) is 0 Å². The van der Waals surface area contributed by atoms with Gasteiger partial charge in [-0.3, -0.25) is 4.79 Å². The van der Waals surface area contributed by atoms with Crippen molar-refractivity contribution in [3.05, 3.63) is 0 Å². The average molecular weight is 163 g/mol. The number of halogens is 2. The summed E-state index contributed by atoms with van der Waals surface area (Å²) in [6.45, 7) is 1.56. The minimum atomic E-state index is -2.70. The summed E-state index contributed by atoms with van der Waals surface area (Å²) < 4.78 is 25.7. The van der Waals surface area contributed by atoms with E-state index in [1.165, 1.54) is 6.92 Å². The second-order valence-electron chi connectivity index (χ2n) is 3.03. The summed E-state index contributed by atoms with van der Waals surface area (Å²) in [7, 11) is 0. The van der Waals surface area contributed by atoms with Gasteiger partial charge in [0, 0.05) is 12.5 Å². The SMILES string of the molecule is CC1CCN(C=O)CC1(F)F. The van der Waals surface area contributed by atoms with Crippen molar-refractivity contribution < 1.29 is 13.6 Å². The molecule has 1 aliphatic rings. The minimum Gasteiger partial charge on any atom is -0.339 e. The predicted octanol–water partition coefficient (Wildman–Crippen LogP) is 1.12. The first-order valence-corrected chi connectivity index (χ1v) is 3.63. The maximum atomic E-state index is 12.8. The van der Waals surface area contributed by atoms with Crippen LogP contribution in [0.2, 0.25) is 0 Å². The third-order valence-electron chi connectivity index (χ3n) is 2.13. The van der Waals surface area contributed by atoms with Crippen LogP contribution in [0.3, 0.4) is 0 Å². The van der Waals surface area contributed by atoms with Crippen LogP contribution in [0.4, 0.5) is 8.78 Å². The molecule has 1 rings (SSSR count). The lowest BCUT2D eigenvalue weighted by molar-refractivity contribution is -0.136. The van der Waals surface area contributed by atoms with Gasteiger partial charge in [0.05, 0.1) is 6.54 Å². The third kappa shape index (κ3) is 1.67. The molecule has 2 nitrogen and oxygen atoms in total. The molecule has 0 bridgehead atoms. The first-order chi connectivity index (χ1) is 5.06. The van der Waals surface area contributed by atoms with Gasteiger partial charge in [-0.05, 0) is 6.42 Å².